The summed E-state index contributed by atoms with van der Waals surface area (Å²) < 4.78 is 10.9. The molecule has 1 amide bonds. The number of carbonyl (C=O) groups is 1. The predicted molar refractivity (Wildman–Crippen MR) is 73.5 cm³/mol. The van der Waals surface area contributed by atoms with E-state index < -0.39 is 0 Å². The van der Waals surface area contributed by atoms with Gasteiger partial charge in [-0.15, -0.1) is 0 Å². The van der Waals surface area contributed by atoms with Crippen LogP contribution in [0.25, 0.3) is 0 Å². The first-order valence-electron chi connectivity index (χ1n) is 6.86. The molecule has 1 saturated heterocycles. The van der Waals surface area contributed by atoms with E-state index in [0.717, 1.165) is 25.2 Å². The molecule has 1 aromatic rings. The van der Waals surface area contributed by atoms with Crippen LogP contribution in [0, 0.1) is 0 Å². The van der Waals surface area contributed by atoms with Crippen molar-refractivity contribution in [1.29, 1.82) is 0 Å². The normalized spacial score (nSPS) is 20.0. The monoisotopic (exact) mass is 263 g/mol. The molecule has 2 atom stereocenters. The maximum Gasteiger partial charge on any atom is 0.251 e. The van der Waals surface area contributed by atoms with Gasteiger partial charge in [0, 0.05) is 12.2 Å². The zero-order valence-corrected chi connectivity index (χ0v) is 11.5. The maximum absolute atomic E-state index is 12.1. The predicted octanol–water partition coefficient (Wildman–Crippen LogP) is 2.38. The van der Waals surface area contributed by atoms with Crippen LogP contribution in [0.2, 0.25) is 0 Å². The summed E-state index contributed by atoms with van der Waals surface area (Å²) in [4.78, 5) is 12.1. The van der Waals surface area contributed by atoms with Gasteiger partial charge in [0.25, 0.3) is 5.91 Å². The minimum atomic E-state index is -0.0638. The van der Waals surface area contributed by atoms with E-state index in [2.05, 4.69) is 5.32 Å². The Morgan fingerprint density at radius 2 is 2.21 bits per heavy atom. The highest BCUT2D eigenvalue weighted by molar-refractivity contribution is 5.94. The lowest BCUT2D eigenvalue weighted by Crippen LogP contribution is -2.40. The summed E-state index contributed by atoms with van der Waals surface area (Å²) in [7, 11) is 0. The Kier molecular flexibility index (Phi) is 4.80. The Balaban J connectivity index is 1.91. The van der Waals surface area contributed by atoms with Crippen LogP contribution in [0.4, 0.5) is 0 Å². The van der Waals surface area contributed by atoms with Gasteiger partial charge in [-0.2, -0.15) is 0 Å². The van der Waals surface area contributed by atoms with Crippen LogP contribution in [0.5, 0.6) is 5.75 Å². The van der Waals surface area contributed by atoms with Crippen LogP contribution >= 0.6 is 0 Å². The van der Waals surface area contributed by atoms with E-state index in [1.165, 1.54) is 0 Å². The van der Waals surface area contributed by atoms with Crippen molar-refractivity contribution >= 4 is 5.91 Å². The van der Waals surface area contributed by atoms with Gasteiger partial charge in [-0.3, -0.25) is 4.79 Å². The lowest BCUT2D eigenvalue weighted by molar-refractivity contribution is 0.0712. The molecule has 1 aliphatic rings. The third-order valence-corrected chi connectivity index (χ3v) is 3.31. The molecule has 0 radical (unpaired) electrons. The van der Waals surface area contributed by atoms with Crippen molar-refractivity contribution in [3.8, 4) is 5.75 Å². The third kappa shape index (κ3) is 3.70. The molecule has 104 valence electrons. The van der Waals surface area contributed by atoms with Gasteiger partial charge in [0.2, 0.25) is 0 Å². The summed E-state index contributed by atoms with van der Waals surface area (Å²) in [5.74, 6) is 0.720. The van der Waals surface area contributed by atoms with E-state index in [1.54, 1.807) is 12.1 Å². The standard InChI is InChI=1S/C15H21NO3/c1-3-18-13-8-6-12(7-9-13)15(17)16-11(2)14-5-4-10-19-14/h6-9,11,14H,3-5,10H2,1-2H3,(H,16,17). The molecule has 0 bridgehead atoms. The summed E-state index contributed by atoms with van der Waals surface area (Å²) >= 11 is 0. The molecule has 4 nitrogen and oxygen atoms in total. The third-order valence-electron chi connectivity index (χ3n) is 3.31. The number of rotatable bonds is 5. The van der Waals surface area contributed by atoms with Gasteiger partial charge >= 0.3 is 0 Å². The number of ether oxygens (including phenoxy) is 2. The fraction of sp³-hybridized carbons (Fsp3) is 0.533. The molecule has 0 saturated carbocycles. The fourth-order valence-electron chi connectivity index (χ4n) is 2.25. The Morgan fingerprint density at radius 1 is 1.47 bits per heavy atom. The Labute approximate surface area is 114 Å². The van der Waals surface area contributed by atoms with Gasteiger partial charge < -0.3 is 14.8 Å². The maximum atomic E-state index is 12.1. The first-order valence-corrected chi connectivity index (χ1v) is 6.86. The molecule has 19 heavy (non-hydrogen) atoms. The largest absolute Gasteiger partial charge is 0.494 e. The van der Waals surface area contributed by atoms with E-state index in [9.17, 15) is 4.79 Å². The van der Waals surface area contributed by atoms with Crippen LogP contribution in [-0.2, 0) is 4.74 Å². The Bertz CT molecular complexity index is 410. The number of hydrogen-bond acceptors (Lipinski definition) is 3. The number of carbonyl (C=O) groups excluding carboxylic acids is 1. The number of amides is 1. The molecular weight excluding hydrogens is 242 g/mol. The molecule has 1 N–H and O–H groups in total. The average Bonchev–Trinajstić information content (AvgIpc) is 2.94. The van der Waals surface area contributed by atoms with Crippen molar-refractivity contribution in [3.05, 3.63) is 29.8 Å². The average molecular weight is 263 g/mol. The highest BCUT2D eigenvalue weighted by Gasteiger charge is 2.23. The number of hydrogen-bond donors (Lipinski definition) is 1. The quantitative estimate of drug-likeness (QED) is 0.887. The lowest BCUT2D eigenvalue weighted by Gasteiger charge is -2.20. The van der Waals surface area contributed by atoms with E-state index in [-0.39, 0.29) is 18.1 Å². The van der Waals surface area contributed by atoms with Crippen LogP contribution in [0.1, 0.15) is 37.0 Å². The Morgan fingerprint density at radius 3 is 2.79 bits per heavy atom. The molecular formula is C15H21NO3. The second-order valence-corrected chi connectivity index (χ2v) is 4.77. The van der Waals surface area contributed by atoms with Crippen LogP contribution in [0.15, 0.2) is 24.3 Å². The van der Waals surface area contributed by atoms with Gasteiger partial charge in [0.15, 0.2) is 0 Å². The zero-order valence-electron chi connectivity index (χ0n) is 11.5. The highest BCUT2D eigenvalue weighted by Crippen LogP contribution is 2.16. The number of nitrogens with one attached hydrogen (secondary N) is 1. The minimum Gasteiger partial charge on any atom is -0.494 e. The lowest BCUT2D eigenvalue weighted by atomic mass is 10.1. The SMILES string of the molecule is CCOc1ccc(C(=O)NC(C)C2CCCO2)cc1. The van der Waals surface area contributed by atoms with E-state index in [1.807, 2.05) is 26.0 Å². The number of benzene rings is 1. The minimum absolute atomic E-state index is 0.0431. The summed E-state index contributed by atoms with van der Waals surface area (Å²) in [6.07, 6.45) is 2.24. The van der Waals surface area contributed by atoms with Crippen molar-refractivity contribution in [1.82, 2.24) is 5.32 Å². The fourth-order valence-corrected chi connectivity index (χ4v) is 2.25. The molecule has 0 aromatic heterocycles. The van der Waals surface area contributed by atoms with Crippen molar-refractivity contribution in [2.24, 2.45) is 0 Å². The van der Waals surface area contributed by atoms with Crippen LogP contribution in [0.3, 0.4) is 0 Å². The molecule has 1 heterocycles. The van der Waals surface area contributed by atoms with E-state index in [0.29, 0.717) is 12.2 Å². The van der Waals surface area contributed by atoms with Crippen molar-refractivity contribution < 1.29 is 14.3 Å². The van der Waals surface area contributed by atoms with Gasteiger partial charge in [-0.1, -0.05) is 0 Å². The van der Waals surface area contributed by atoms with Crippen LogP contribution < -0.4 is 10.1 Å². The van der Waals surface area contributed by atoms with Gasteiger partial charge in [0.05, 0.1) is 18.8 Å². The molecule has 2 unspecified atom stereocenters. The summed E-state index contributed by atoms with van der Waals surface area (Å²) in [6.45, 7) is 5.35. The first kappa shape index (κ1) is 13.9. The summed E-state index contributed by atoms with van der Waals surface area (Å²) in [6, 6.07) is 7.23. The molecule has 2 rings (SSSR count). The summed E-state index contributed by atoms with van der Waals surface area (Å²) in [5, 5.41) is 2.98. The molecule has 1 aliphatic heterocycles. The molecule has 0 aliphatic carbocycles. The molecule has 1 fully saturated rings. The van der Waals surface area contributed by atoms with Crippen molar-refractivity contribution in [3.63, 3.8) is 0 Å². The molecule has 0 spiro atoms. The van der Waals surface area contributed by atoms with Crippen molar-refractivity contribution in [2.45, 2.75) is 38.8 Å². The second-order valence-electron chi connectivity index (χ2n) is 4.77. The molecule has 1 aromatic carbocycles. The van der Waals surface area contributed by atoms with Crippen LogP contribution in [-0.4, -0.2) is 31.3 Å². The Hall–Kier alpha value is -1.55. The van der Waals surface area contributed by atoms with E-state index >= 15 is 0 Å². The zero-order chi connectivity index (χ0) is 13.7. The second kappa shape index (κ2) is 6.57. The van der Waals surface area contributed by atoms with Gasteiger partial charge in [-0.05, 0) is 51.0 Å². The first-order chi connectivity index (χ1) is 9.20. The van der Waals surface area contributed by atoms with Gasteiger partial charge in [0.1, 0.15) is 5.75 Å². The van der Waals surface area contributed by atoms with Gasteiger partial charge in [-0.25, -0.2) is 0 Å². The smallest absolute Gasteiger partial charge is 0.251 e. The van der Waals surface area contributed by atoms with Crippen molar-refractivity contribution in [2.75, 3.05) is 13.2 Å². The molecule has 4 heteroatoms. The summed E-state index contributed by atoms with van der Waals surface area (Å²) in [5.41, 5.74) is 0.647. The van der Waals surface area contributed by atoms with E-state index in [4.69, 9.17) is 9.47 Å². The topological polar surface area (TPSA) is 47.6 Å². The highest BCUT2D eigenvalue weighted by atomic mass is 16.5.